The fourth-order valence-electron chi connectivity index (χ4n) is 10.3. The first-order valence-corrected chi connectivity index (χ1v) is 31.3. The van der Waals surface area contributed by atoms with Crippen LogP contribution < -0.4 is 26.6 Å². The number of aliphatic carboxylic acids is 1. The highest BCUT2D eigenvalue weighted by Gasteiger charge is 2.43. The number of aliphatic hydroxyl groups is 1. The van der Waals surface area contributed by atoms with Crippen LogP contribution in [0, 0.1) is 41.4 Å². The SMILES string of the molecule is C=C/C=C/C[C@@H](C)[C@@H](O)[C@@H](C(=O)N[C@@H](CC)C(=O)N(C)CC(=O)N(C)[C@@H](CC(C)C)C(=O)N[C@H](C(=O)N(C)[C@@H](CC(C)C)C(=O)N[C@@H](C)C(=O)N[C@@H](C)C(=O)N(C)[C@@H](CC(C)C)C(=O)O)C(C)C)N(C)C(=O)[C@H](CC(C)C)N(C)C(=O)[C@H](CC(C)C)NC. The molecule has 7 N–H and O–H groups in total. The highest BCUT2D eigenvalue weighted by Crippen LogP contribution is 2.23. The fourth-order valence-corrected chi connectivity index (χ4v) is 10.3. The van der Waals surface area contributed by atoms with E-state index in [0.717, 1.165) is 14.7 Å². The Kier molecular flexibility index (Phi) is 36.0. The fraction of sp³-hybridized carbons (Fsp3) is 0.766. The number of carbonyl (C=O) groups excluding carboxylic acids is 10. The van der Waals surface area contributed by atoms with Gasteiger partial charge in [-0.15, -0.1) is 0 Å². The second kappa shape index (κ2) is 38.9. The van der Waals surface area contributed by atoms with Crippen molar-refractivity contribution in [1.29, 1.82) is 0 Å². The standard InChI is InChI=1S/C64H115N11O13/c1-25-27-28-29-42(15)54(77)53(75(24)62(85)49(33-39(9)10)73(22)61(84)46(65-18)30-36(3)4)58(81)68-45(26-2)60(83)70(19)35-51(76)71(20)47(31-37(5)6)57(80)69-52(41(13)14)63(86)72(21)48(32-38(7)8)56(79)66-43(16)55(78)67-44(17)59(82)74(23)50(64(87)88)34-40(11)12/h25,27-28,36-50,52-54,65,77H,1,26,29-35H2,2-24H3,(H,66,79)(H,67,78)(H,68,81)(H,69,80)(H,87,88)/b28-27+/t42-,43+,44+,45+,46+,47+,48+,49+,50+,52+,53+,54-/m1/s1. The Morgan fingerprint density at radius 2 is 0.920 bits per heavy atom. The van der Waals surface area contributed by atoms with Crippen LogP contribution in [0.4, 0.5) is 0 Å². The lowest BCUT2D eigenvalue weighted by molar-refractivity contribution is -0.153. The number of likely N-dealkylation sites (N-methyl/N-ethyl adjacent to an activating group) is 7. The Morgan fingerprint density at radius 3 is 1.38 bits per heavy atom. The number of carboxylic acids is 1. The molecule has 12 atom stereocenters. The van der Waals surface area contributed by atoms with Crippen molar-refractivity contribution in [3.8, 4) is 0 Å². The molecule has 0 heterocycles. The summed E-state index contributed by atoms with van der Waals surface area (Å²) < 4.78 is 0. The zero-order valence-corrected chi connectivity index (χ0v) is 57.6. The predicted molar refractivity (Wildman–Crippen MR) is 342 cm³/mol. The monoisotopic (exact) mass is 1250 g/mol. The molecule has 0 aliphatic rings. The highest BCUT2D eigenvalue weighted by atomic mass is 16.4. The van der Waals surface area contributed by atoms with Crippen LogP contribution in [0.15, 0.2) is 24.8 Å². The van der Waals surface area contributed by atoms with Crippen LogP contribution in [0.25, 0.3) is 0 Å². The zero-order chi connectivity index (χ0) is 68.5. The van der Waals surface area contributed by atoms with E-state index in [1.807, 2.05) is 69.2 Å². The van der Waals surface area contributed by atoms with Gasteiger partial charge >= 0.3 is 5.97 Å². The van der Waals surface area contributed by atoms with Gasteiger partial charge in [-0.05, 0) is 107 Å². The second-order valence-corrected chi connectivity index (χ2v) is 26.4. The van der Waals surface area contributed by atoms with E-state index in [2.05, 4.69) is 33.2 Å². The second-order valence-electron chi connectivity index (χ2n) is 26.4. The Hall–Kier alpha value is -6.43. The maximum absolute atomic E-state index is 14.7. The van der Waals surface area contributed by atoms with Gasteiger partial charge in [-0.3, -0.25) is 47.9 Å². The molecule has 0 bridgehead atoms. The predicted octanol–water partition coefficient (Wildman–Crippen LogP) is 3.66. The molecule has 0 aromatic carbocycles. The molecule has 0 aromatic rings. The lowest BCUT2D eigenvalue weighted by Gasteiger charge is -2.39. The van der Waals surface area contributed by atoms with E-state index in [4.69, 9.17) is 0 Å². The van der Waals surface area contributed by atoms with Crippen molar-refractivity contribution >= 4 is 65.0 Å². The molecule has 0 aliphatic carbocycles. The van der Waals surface area contributed by atoms with E-state index in [1.165, 1.54) is 63.8 Å². The van der Waals surface area contributed by atoms with Gasteiger partial charge < -0.3 is 66.2 Å². The van der Waals surface area contributed by atoms with Crippen LogP contribution >= 0.6 is 0 Å². The summed E-state index contributed by atoms with van der Waals surface area (Å²) in [6, 6.07) is -11.4. The Labute approximate surface area is 526 Å². The van der Waals surface area contributed by atoms with Gasteiger partial charge in [0.15, 0.2) is 0 Å². The maximum atomic E-state index is 14.7. The Bertz CT molecular complexity index is 2360. The van der Waals surface area contributed by atoms with E-state index in [-0.39, 0.29) is 67.6 Å². The van der Waals surface area contributed by atoms with Crippen molar-refractivity contribution in [2.45, 2.75) is 222 Å². The number of aliphatic hydroxyl groups excluding tert-OH is 1. The summed E-state index contributed by atoms with van der Waals surface area (Å²) in [5.74, 6) is -8.96. The van der Waals surface area contributed by atoms with Crippen LogP contribution in [0.5, 0.6) is 0 Å². The smallest absolute Gasteiger partial charge is 0.326 e. The molecule has 24 heteroatoms. The van der Waals surface area contributed by atoms with Crippen molar-refractivity contribution in [3.05, 3.63) is 24.8 Å². The summed E-state index contributed by atoms with van der Waals surface area (Å²) in [6.07, 6.45) is 5.14. The molecule has 0 saturated carbocycles. The number of nitrogens with one attached hydrogen (secondary N) is 5. The first-order chi connectivity index (χ1) is 40.6. The molecule has 10 amide bonds. The number of hydrogen-bond acceptors (Lipinski definition) is 13. The first-order valence-electron chi connectivity index (χ1n) is 31.3. The van der Waals surface area contributed by atoms with Gasteiger partial charge in [0.25, 0.3) is 0 Å². The topological polar surface area (TPSA) is 308 Å². The zero-order valence-electron chi connectivity index (χ0n) is 57.6. The number of amides is 10. The van der Waals surface area contributed by atoms with Crippen LogP contribution in [-0.2, 0) is 52.7 Å². The van der Waals surface area contributed by atoms with Gasteiger partial charge in [0.1, 0.15) is 54.4 Å². The molecule has 88 heavy (non-hydrogen) atoms. The van der Waals surface area contributed by atoms with Crippen molar-refractivity contribution in [3.63, 3.8) is 0 Å². The number of carbonyl (C=O) groups is 11. The minimum atomic E-state index is -1.54. The van der Waals surface area contributed by atoms with Crippen LogP contribution in [0.1, 0.15) is 156 Å². The Balaban J connectivity index is 6.80. The van der Waals surface area contributed by atoms with Crippen LogP contribution in [-0.4, -0.2) is 227 Å². The number of hydrogen-bond donors (Lipinski definition) is 7. The summed E-state index contributed by atoms with van der Waals surface area (Å²) >= 11 is 0. The van der Waals surface area contributed by atoms with Gasteiger partial charge in [-0.2, -0.15) is 0 Å². The van der Waals surface area contributed by atoms with Crippen molar-refractivity contribution in [2.24, 2.45) is 41.4 Å². The summed E-state index contributed by atoms with van der Waals surface area (Å²) in [7, 11) is 10.2. The lowest BCUT2D eigenvalue weighted by Crippen LogP contribution is -2.62. The quantitative estimate of drug-likeness (QED) is 0.0433. The Morgan fingerprint density at radius 1 is 0.477 bits per heavy atom. The minimum Gasteiger partial charge on any atom is -0.480 e. The number of rotatable bonds is 39. The molecule has 0 spiro atoms. The summed E-state index contributed by atoms with van der Waals surface area (Å²) in [5.41, 5.74) is 0. The highest BCUT2D eigenvalue weighted by molar-refractivity contribution is 5.98. The minimum absolute atomic E-state index is 0.0316. The molecule has 0 unspecified atom stereocenters. The number of nitrogens with zero attached hydrogens (tertiary/aromatic N) is 6. The average molecular weight is 1250 g/mol. The first kappa shape index (κ1) is 81.6. The van der Waals surface area contributed by atoms with E-state index in [1.54, 1.807) is 60.0 Å². The third-order valence-corrected chi connectivity index (χ3v) is 15.8. The third-order valence-electron chi connectivity index (χ3n) is 15.8. The lowest BCUT2D eigenvalue weighted by atomic mass is 9.91. The summed E-state index contributed by atoms with van der Waals surface area (Å²) in [4.78, 5) is 161. The molecular formula is C64H115N11O13. The van der Waals surface area contributed by atoms with Crippen molar-refractivity contribution < 1.29 is 63.0 Å². The van der Waals surface area contributed by atoms with Gasteiger partial charge in [-0.25, -0.2) is 4.79 Å². The van der Waals surface area contributed by atoms with Crippen LogP contribution in [0.3, 0.4) is 0 Å². The van der Waals surface area contributed by atoms with E-state index in [0.29, 0.717) is 12.8 Å². The van der Waals surface area contributed by atoms with Gasteiger partial charge in [0.2, 0.25) is 59.1 Å². The third kappa shape index (κ3) is 25.6. The summed E-state index contributed by atoms with van der Waals surface area (Å²) in [5, 5.41) is 35.6. The van der Waals surface area contributed by atoms with Crippen molar-refractivity contribution in [2.75, 3.05) is 55.9 Å². The van der Waals surface area contributed by atoms with Gasteiger partial charge in [0.05, 0.1) is 18.7 Å². The van der Waals surface area contributed by atoms with E-state index >= 15 is 0 Å². The van der Waals surface area contributed by atoms with Crippen LogP contribution in [0.2, 0.25) is 0 Å². The maximum Gasteiger partial charge on any atom is 0.326 e. The molecule has 0 radical (unpaired) electrons. The molecule has 0 aliphatic heterocycles. The molecule has 24 nitrogen and oxygen atoms in total. The molecule has 0 rings (SSSR count). The van der Waals surface area contributed by atoms with Gasteiger partial charge in [-0.1, -0.05) is 122 Å². The molecule has 0 saturated heterocycles. The average Bonchev–Trinajstić information content (AvgIpc) is 3.04. The van der Waals surface area contributed by atoms with Crippen molar-refractivity contribution in [1.82, 2.24) is 56.0 Å². The van der Waals surface area contributed by atoms with E-state index < -0.39 is 144 Å². The molecular weight excluding hydrogens is 1130 g/mol. The van der Waals surface area contributed by atoms with E-state index in [9.17, 15) is 63.0 Å². The number of allylic oxidation sites excluding steroid dienone is 3. The largest absolute Gasteiger partial charge is 0.480 e. The summed E-state index contributed by atoms with van der Waals surface area (Å²) in [6.45, 7) is 31.6. The number of carboxylic acid groups (broad SMARTS) is 1. The normalized spacial score (nSPS) is 15.8. The molecule has 0 aromatic heterocycles. The molecule has 0 fully saturated rings. The molecule has 504 valence electrons. The van der Waals surface area contributed by atoms with Gasteiger partial charge in [0, 0.05) is 42.3 Å².